The van der Waals surface area contributed by atoms with E-state index in [1.54, 1.807) is 0 Å². The van der Waals surface area contributed by atoms with Crippen LogP contribution in [0.3, 0.4) is 0 Å². The van der Waals surface area contributed by atoms with E-state index in [0.717, 1.165) is 25.6 Å². The van der Waals surface area contributed by atoms with Crippen LogP contribution < -0.4 is 4.90 Å². The molecule has 19 heavy (non-hydrogen) atoms. The smallest absolute Gasteiger partial charge is 0.0645 e. The highest BCUT2D eigenvalue weighted by Crippen LogP contribution is 2.25. The molecule has 2 nitrogen and oxygen atoms in total. The van der Waals surface area contributed by atoms with Gasteiger partial charge in [0.25, 0.3) is 0 Å². The van der Waals surface area contributed by atoms with Gasteiger partial charge in [0.15, 0.2) is 0 Å². The third kappa shape index (κ3) is 4.54. The molecule has 1 saturated carbocycles. The molecule has 0 amide bonds. The van der Waals surface area contributed by atoms with E-state index in [1.807, 2.05) is 0 Å². The van der Waals surface area contributed by atoms with Gasteiger partial charge in [-0.25, -0.2) is 0 Å². The van der Waals surface area contributed by atoms with E-state index in [2.05, 4.69) is 49.1 Å². The predicted octanol–water partition coefficient (Wildman–Crippen LogP) is 4.11. The third-order valence-corrected chi connectivity index (χ3v) is 4.11. The number of likely N-dealkylation sites (N-methyl/N-ethyl adjacent to an activating group) is 1. The van der Waals surface area contributed by atoms with Crippen LogP contribution >= 0.6 is 0 Å². The molecule has 0 radical (unpaired) electrons. The maximum atomic E-state index is 6.07. The van der Waals surface area contributed by atoms with Crippen molar-refractivity contribution in [3.8, 4) is 0 Å². The Hall–Kier alpha value is -1.02. The van der Waals surface area contributed by atoms with E-state index in [9.17, 15) is 0 Å². The van der Waals surface area contributed by atoms with Gasteiger partial charge >= 0.3 is 0 Å². The van der Waals surface area contributed by atoms with Crippen molar-refractivity contribution in [2.24, 2.45) is 5.92 Å². The summed E-state index contributed by atoms with van der Waals surface area (Å²) in [6, 6.07) is 10.6. The molecule has 1 aliphatic rings. The van der Waals surface area contributed by atoms with Crippen molar-refractivity contribution < 1.29 is 4.74 Å². The van der Waals surface area contributed by atoms with Crippen LogP contribution in [0, 0.1) is 5.92 Å². The minimum absolute atomic E-state index is 0.498. The molecule has 0 heterocycles. The molecule has 0 bridgehead atoms. The molecule has 106 valence electrons. The standard InChI is InChI=1S/C17H27NO/c1-3-18(16-9-5-4-6-10-16)12-13-19-17-11-7-8-15(2)14-17/h4-6,9-10,15,17H,3,7-8,11-14H2,1-2H3. The Labute approximate surface area is 117 Å². The molecular weight excluding hydrogens is 234 g/mol. The van der Waals surface area contributed by atoms with E-state index in [1.165, 1.54) is 31.4 Å². The minimum atomic E-state index is 0.498. The summed E-state index contributed by atoms with van der Waals surface area (Å²) < 4.78 is 6.07. The van der Waals surface area contributed by atoms with Gasteiger partial charge in [-0.2, -0.15) is 0 Å². The fourth-order valence-electron chi connectivity index (χ4n) is 2.97. The summed E-state index contributed by atoms with van der Waals surface area (Å²) in [7, 11) is 0. The summed E-state index contributed by atoms with van der Waals surface area (Å²) in [5.41, 5.74) is 1.30. The lowest BCUT2D eigenvalue weighted by Crippen LogP contribution is -2.30. The number of hydrogen-bond acceptors (Lipinski definition) is 2. The van der Waals surface area contributed by atoms with Crippen LogP contribution in [-0.2, 0) is 4.74 Å². The summed E-state index contributed by atoms with van der Waals surface area (Å²) >= 11 is 0. The first kappa shape index (κ1) is 14.4. The van der Waals surface area contributed by atoms with Gasteiger partial charge in [0.1, 0.15) is 0 Å². The zero-order chi connectivity index (χ0) is 13.5. The van der Waals surface area contributed by atoms with Gasteiger partial charge in [0.2, 0.25) is 0 Å². The van der Waals surface area contributed by atoms with E-state index in [-0.39, 0.29) is 0 Å². The molecule has 2 rings (SSSR count). The van der Waals surface area contributed by atoms with Crippen molar-refractivity contribution in [3.05, 3.63) is 30.3 Å². The number of nitrogens with zero attached hydrogens (tertiary/aromatic N) is 1. The Morgan fingerprint density at radius 1 is 1.21 bits per heavy atom. The van der Waals surface area contributed by atoms with E-state index in [0.29, 0.717) is 6.10 Å². The van der Waals surface area contributed by atoms with Crippen molar-refractivity contribution in [1.82, 2.24) is 0 Å². The molecule has 2 unspecified atom stereocenters. The van der Waals surface area contributed by atoms with Gasteiger partial charge in [0.05, 0.1) is 12.7 Å². The van der Waals surface area contributed by atoms with E-state index < -0.39 is 0 Å². The molecule has 0 aromatic heterocycles. The molecule has 1 aliphatic carbocycles. The number of benzene rings is 1. The Morgan fingerprint density at radius 3 is 2.68 bits per heavy atom. The predicted molar refractivity (Wildman–Crippen MR) is 81.7 cm³/mol. The molecule has 0 N–H and O–H groups in total. The van der Waals surface area contributed by atoms with Crippen LogP contribution in [0.1, 0.15) is 39.5 Å². The zero-order valence-electron chi connectivity index (χ0n) is 12.3. The van der Waals surface area contributed by atoms with E-state index >= 15 is 0 Å². The molecule has 0 spiro atoms. The van der Waals surface area contributed by atoms with Crippen molar-refractivity contribution in [2.45, 2.75) is 45.6 Å². The van der Waals surface area contributed by atoms with Crippen LogP contribution in [0.5, 0.6) is 0 Å². The molecule has 0 aliphatic heterocycles. The van der Waals surface area contributed by atoms with Gasteiger partial charge in [0, 0.05) is 18.8 Å². The SMILES string of the molecule is CCN(CCOC1CCCC(C)C1)c1ccccc1. The van der Waals surface area contributed by atoms with Gasteiger partial charge in [-0.3, -0.25) is 0 Å². The fourth-order valence-corrected chi connectivity index (χ4v) is 2.97. The highest BCUT2D eigenvalue weighted by molar-refractivity contribution is 5.45. The summed E-state index contributed by atoms with van der Waals surface area (Å²) in [6.45, 7) is 7.42. The number of anilines is 1. The highest BCUT2D eigenvalue weighted by Gasteiger charge is 2.19. The maximum absolute atomic E-state index is 6.07. The minimum Gasteiger partial charge on any atom is -0.376 e. The summed E-state index contributed by atoms with van der Waals surface area (Å²) in [6.07, 6.45) is 5.71. The second-order valence-electron chi connectivity index (χ2n) is 5.68. The number of rotatable bonds is 6. The van der Waals surface area contributed by atoms with Crippen molar-refractivity contribution >= 4 is 5.69 Å². The Kier molecular flexibility index (Phi) is 5.71. The largest absolute Gasteiger partial charge is 0.376 e. The van der Waals surface area contributed by atoms with Crippen molar-refractivity contribution in [3.63, 3.8) is 0 Å². The Morgan fingerprint density at radius 2 is 2.00 bits per heavy atom. The first-order chi connectivity index (χ1) is 9.29. The molecule has 1 fully saturated rings. The summed E-state index contributed by atoms with van der Waals surface area (Å²) in [5, 5.41) is 0. The molecule has 1 aromatic carbocycles. The maximum Gasteiger partial charge on any atom is 0.0645 e. The van der Waals surface area contributed by atoms with Crippen molar-refractivity contribution in [2.75, 3.05) is 24.6 Å². The van der Waals surface area contributed by atoms with Crippen LogP contribution in [0.25, 0.3) is 0 Å². The summed E-state index contributed by atoms with van der Waals surface area (Å²) in [5.74, 6) is 0.843. The van der Waals surface area contributed by atoms with Gasteiger partial charge < -0.3 is 9.64 Å². The van der Waals surface area contributed by atoms with Crippen molar-refractivity contribution in [1.29, 1.82) is 0 Å². The second kappa shape index (κ2) is 7.54. The fraction of sp³-hybridized carbons (Fsp3) is 0.647. The lowest BCUT2D eigenvalue weighted by molar-refractivity contribution is 0.0195. The number of hydrogen-bond donors (Lipinski definition) is 0. The van der Waals surface area contributed by atoms with Gasteiger partial charge in [-0.1, -0.05) is 38.0 Å². The van der Waals surface area contributed by atoms with Gasteiger partial charge in [-0.15, -0.1) is 0 Å². The van der Waals surface area contributed by atoms with Gasteiger partial charge in [-0.05, 0) is 37.8 Å². The Bertz CT molecular complexity index is 352. The Balaban J connectivity index is 1.74. The van der Waals surface area contributed by atoms with Crippen LogP contribution in [0.4, 0.5) is 5.69 Å². The van der Waals surface area contributed by atoms with Crippen LogP contribution in [-0.4, -0.2) is 25.8 Å². The second-order valence-corrected chi connectivity index (χ2v) is 5.68. The molecule has 0 saturated heterocycles. The lowest BCUT2D eigenvalue weighted by atomic mass is 9.89. The van der Waals surface area contributed by atoms with E-state index in [4.69, 9.17) is 4.74 Å². The quantitative estimate of drug-likeness (QED) is 0.764. The number of ether oxygens (including phenoxy) is 1. The number of para-hydroxylation sites is 1. The summed E-state index contributed by atoms with van der Waals surface area (Å²) in [4.78, 5) is 2.38. The zero-order valence-corrected chi connectivity index (χ0v) is 12.3. The molecule has 1 aromatic rings. The monoisotopic (exact) mass is 261 g/mol. The molecule has 2 heteroatoms. The van der Waals surface area contributed by atoms with Crippen LogP contribution in [0.15, 0.2) is 30.3 Å². The first-order valence-electron chi connectivity index (χ1n) is 7.71. The molecular formula is C17H27NO. The first-order valence-corrected chi connectivity index (χ1v) is 7.71. The topological polar surface area (TPSA) is 12.5 Å². The average molecular weight is 261 g/mol. The molecule has 2 atom stereocenters. The average Bonchev–Trinajstić information content (AvgIpc) is 2.45. The lowest BCUT2D eigenvalue weighted by Gasteiger charge is -2.29. The third-order valence-electron chi connectivity index (χ3n) is 4.11. The van der Waals surface area contributed by atoms with Crippen LogP contribution in [0.2, 0.25) is 0 Å². The highest BCUT2D eigenvalue weighted by atomic mass is 16.5. The normalized spacial score (nSPS) is 23.3.